The van der Waals surface area contributed by atoms with Crippen LogP contribution in [0.15, 0.2) is 45.4 Å². The molecule has 13 nitrogen and oxygen atoms in total. The highest BCUT2D eigenvalue weighted by atomic mass is 16.6. The molecule has 4 rings (SSSR count). The summed E-state index contributed by atoms with van der Waals surface area (Å²) >= 11 is 0. The molecular weight excluding hydrogens is 404 g/mol. The Balaban J connectivity index is 0.000000181. The molecule has 0 bridgehead atoms. The summed E-state index contributed by atoms with van der Waals surface area (Å²) in [5.41, 5.74) is -1.04. The van der Waals surface area contributed by atoms with Gasteiger partial charge < -0.3 is 18.9 Å². The summed E-state index contributed by atoms with van der Waals surface area (Å²) in [5.74, 6) is -0.770. The van der Waals surface area contributed by atoms with Crippen molar-refractivity contribution in [2.24, 2.45) is 0 Å². The van der Waals surface area contributed by atoms with Gasteiger partial charge in [-0.15, -0.1) is 0 Å². The number of nitrogens with zero attached hydrogens (tertiary/aromatic N) is 4. The van der Waals surface area contributed by atoms with E-state index in [2.05, 4.69) is 15.1 Å². The first-order valence-electron chi connectivity index (χ1n) is 8.93. The molecule has 0 amide bonds. The standard InChI is InChI=1S/C9H6N2O5.C8H6N2O4/c1-15-9(12)8-7-5(11(13)14)3-2-4-6(7)16-10-8;11-4-5-8-6(10(12)13)2-1-3-7(8)14-9-5/h2-4H,1H3;1-3,11H,4H2/i;4D2. The Bertz CT molecular complexity index is 1340. The summed E-state index contributed by atoms with van der Waals surface area (Å²) in [6.07, 6.45) is 0. The molecule has 0 aliphatic rings. The van der Waals surface area contributed by atoms with Crippen LogP contribution < -0.4 is 0 Å². The minimum absolute atomic E-state index is 0.0550. The van der Waals surface area contributed by atoms with Crippen molar-refractivity contribution in [3.63, 3.8) is 0 Å². The molecule has 0 aliphatic heterocycles. The number of non-ortho nitro benzene ring substituents is 2. The largest absolute Gasteiger partial charge is 0.464 e. The molecule has 0 aliphatic carbocycles. The number of nitro groups is 2. The van der Waals surface area contributed by atoms with Crippen LogP contribution in [0.25, 0.3) is 21.9 Å². The SMILES string of the molecule is COC(=O)c1noc2cccc([N+](=O)[O-])c12.[2H]C([2H])(O)c1noc2cccc([N+](=O)[O-])c12. The van der Waals surface area contributed by atoms with Gasteiger partial charge in [-0.25, -0.2) is 4.79 Å². The third-order valence-electron chi connectivity index (χ3n) is 3.83. The lowest BCUT2D eigenvalue weighted by Crippen LogP contribution is -2.02. The van der Waals surface area contributed by atoms with Crippen molar-refractivity contribution >= 4 is 39.3 Å². The lowest BCUT2D eigenvalue weighted by molar-refractivity contribution is -0.383. The molecule has 0 unspecified atom stereocenters. The maximum absolute atomic E-state index is 11.3. The second kappa shape index (κ2) is 8.32. The number of ether oxygens (including phenoxy) is 1. The average molecular weight is 418 g/mol. The van der Waals surface area contributed by atoms with Crippen molar-refractivity contribution in [1.82, 2.24) is 10.3 Å². The smallest absolute Gasteiger partial charge is 0.361 e. The van der Waals surface area contributed by atoms with Crippen LogP contribution in [-0.4, -0.2) is 38.3 Å². The van der Waals surface area contributed by atoms with Crippen molar-refractivity contribution < 1.29 is 36.3 Å². The van der Waals surface area contributed by atoms with Crippen molar-refractivity contribution in [2.45, 2.75) is 6.56 Å². The third kappa shape index (κ3) is 3.64. The number of hydrogen-bond donors (Lipinski definition) is 1. The molecule has 0 atom stereocenters. The number of rotatable bonds is 4. The third-order valence-corrected chi connectivity index (χ3v) is 3.83. The van der Waals surface area contributed by atoms with Crippen LogP contribution in [0.4, 0.5) is 11.4 Å². The number of aliphatic hydroxyl groups is 1. The first-order chi connectivity index (χ1) is 15.1. The predicted octanol–water partition coefficient (Wildman–Crippen LogP) is 2.75. The van der Waals surface area contributed by atoms with E-state index in [0.29, 0.717) is 0 Å². The van der Waals surface area contributed by atoms with E-state index in [4.69, 9.17) is 11.8 Å². The Kier molecular flexibility index (Phi) is 4.91. The fourth-order valence-electron chi connectivity index (χ4n) is 2.56. The minimum Gasteiger partial charge on any atom is -0.464 e. The van der Waals surface area contributed by atoms with Crippen molar-refractivity contribution in [3.05, 3.63) is 68.0 Å². The van der Waals surface area contributed by atoms with Gasteiger partial charge in [0, 0.05) is 12.1 Å². The predicted molar refractivity (Wildman–Crippen MR) is 98.6 cm³/mol. The van der Waals surface area contributed by atoms with Crippen molar-refractivity contribution in [3.8, 4) is 0 Å². The van der Waals surface area contributed by atoms with Crippen molar-refractivity contribution in [2.75, 3.05) is 7.11 Å². The molecule has 0 spiro atoms. The van der Waals surface area contributed by atoms with E-state index in [0.717, 1.165) is 7.11 Å². The topological polar surface area (TPSA) is 185 Å². The number of benzene rings is 2. The Hall–Kier alpha value is -4.39. The zero-order valence-electron chi connectivity index (χ0n) is 17.0. The van der Waals surface area contributed by atoms with E-state index in [1.54, 1.807) is 0 Å². The maximum Gasteiger partial charge on any atom is 0.361 e. The molecule has 0 fully saturated rings. The van der Waals surface area contributed by atoms with Crippen LogP contribution in [0.5, 0.6) is 0 Å². The molecular formula is C17H12N4O9. The maximum atomic E-state index is 11.3. The summed E-state index contributed by atoms with van der Waals surface area (Å²) in [6.45, 7) is -2.78. The van der Waals surface area contributed by atoms with Gasteiger partial charge in [0.25, 0.3) is 11.4 Å². The molecule has 0 radical (unpaired) electrons. The number of nitro benzene ring substituents is 2. The van der Waals surface area contributed by atoms with Crippen LogP contribution in [0.3, 0.4) is 0 Å². The van der Waals surface area contributed by atoms with E-state index < -0.39 is 28.1 Å². The monoisotopic (exact) mass is 418 g/mol. The Labute approximate surface area is 168 Å². The second-order valence-corrected chi connectivity index (χ2v) is 5.48. The summed E-state index contributed by atoms with van der Waals surface area (Å²) in [4.78, 5) is 31.5. The number of aromatic nitrogens is 2. The van der Waals surface area contributed by atoms with Gasteiger partial charge in [0.2, 0.25) is 5.69 Å². The first kappa shape index (κ1) is 17.7. The zero-order valence-corrected chi connectivity index (χ0v) is 15.0. The van der Waals surface area contributed by atoms with Crippen LogP contribution in [-0.2, 0) is 11.3 Å². The lowest BCUT2D eigenvalue weighted by atomic mass is 10.2. The van der Waals surface area contributed by atoms with E-state index in [-0.39, 0.29) is 39.0 Å². The fourth-order valence-corrected chi connectivity index (χ4v) is 2.56. The fraction of sp³-hybridized carbons (Fsp3) is 0.118. The summed E-state index contributed by atoms with van der Waals surface area (Å²) < 4.78 is 28.1. The van der Waals surface area contributed by atoms with Crippen molar-refractivity contribution in [1.29, 1.82) is 0 Å². The Morgan fingerprint density at radius 1 is 1.07 bits per heavy atom. The summed E-state index contributed by atoms with van der Waals surface area (Å²) in [6, 6.07) is 8.20. The molecule has 1 N–H and O–H groups in total. The van der Waals surface area contributed by atoms with E-state index >= 15 is 0 Å². The molecule has 13 heteroatoms. The molecule has 154 valence electrons. The minimum atomic E-state index is -2.78. The Morgan fingerprint density at radius 3 is 2.13 bits per heavy atom. The number of carbonyl (C=O) groups excluding carboxylic acids is 1. The number of fused-ring (bicyclic) bond motifs is 2. The number of hydrogen-bond acceptors (Lipinski definition) is 11. The van der Waals surface area contributed by atoms with Crippen LogP contribution >= 0.6 is 0 Å². The highest BCUT2D eigenvalue weighted by Crippen LogP contribution is 2.29. The van der Waals surface area contributed by atoms with Gasteiger partial charge in [-0.3, -0.25) is 20.2 Å². The van der Waals surface area contributed by atoms with Crippen LogP contribution in [0, 0.1) is 20.2 Å². The zero-order chi connectivity index (χ0) is 23.6. The molecule has 4 aromatic rings. The second-order valence-electron chi connectivity index (χ2n) is 5.48. The number of carbonyl (C=O) groups is 1. The van der Waals surface area contributed by atoms with Gasteiger partial charge in [-0.1, -0.05) is 22.4 Å². The molecule has 0 saturated heterocycles. The molecule has 2 heterocycles. The number of esters is 1. The number of methoxy groups -OCH3 is 1. The van der Waals surface area contributed by atoms with E-state index in [1.165, 1.54) is 36.4 Å². The van der Waals surface area contributed by atoms with E-state index in [9.17, 15) is 30.1 Å². The average Bonchev–Trinajstić information content (AvgIpc) is 3.37. The first-order valence-corrected chi connectivity index (χ1v) is 7.93. The normalized spacial score (nSPS) is 11.9. The highest BCUT2D eigenvalue weighted by Gasteiger charge is 2.24. The quantitative estimate of drug-likeness (QED) is 0.292. The lowest BCUT2D eigenvalue weighted by Gasteiger charge is -1.94. The molecule has 30 heavy (non-hydrogen) atoms. The molecule has 2 aromatic heterocycles. The van der Waals surface area contributed by atoms with Gasteiger partial charge in [-0.2, -0.15) is 0 Å². The van der Waals surface area contributed by atoms with Gasteiger partial charge in [0.1, 0.15) is 16.5 Å². The van der Waals surface area contributed by atoms with Gasteiger partial charge in [0.15, 0.2) is 11.2 Å². The van der Waals surface area contributed by atoms with Gasteiger partial charge in [0.05, 0.1) is 26.3 Å². The van der Waals surface area contributed by atoms with Gasteiger partial charge in [-0.05, 0) is 12.1 Å². The highest BCUT2D eigenvalue weighted by molar-refractivity contribution is 6.05. The summed E-state index contributed by atoms with van der Waals surface area (Å²) in [5, 5.41) is 37.3. The van der Waals surface area contributed by atoms with E-state index in [1.807, 2.05) is 0 Å². The molecule has 2 aromatic carbocycles. The van der Waals surface area contributed by atoms with Gasteiger partial charge >= 0.3 is 5.97 Å². The Morgan fingerprint density at radius 2 is 1.60 bits per heavy atom. The van der Waals surface area contributed by atoms with Crippen LogP contribution in [0.1, 0.15) is 18.9 Å². The molecule has 0 saturated carbocycles. The summed E-state index contributed by atoms with van der Waals surface area (Å²) in [7, 11) is 1.16. The van der Waals surface area contributed by atoms with Crippen LogP contribution in [0.2, 0.25) is 0 Å².